The Balaban J connectivity index is 0.848. The molecule has 0 atom stereocenters. The van der Waals surface area contributed by atoms with Crippen molar-refractivity contribution in [1.82, 2.24) is 24.1 Å². The molecule has 0 aliphatic heterocycles. The lowest BCUT2D eigenvalue weighted by Gasteiger charge is -2.12. The van der Waals surface area contributed by atoms with E-state index in [2.05, 4.69) is 282 Å². The van der Waals surface area contributed by atoms with Crippen LogP contribution in [0.1, 0.15) is 0 Å². The second kappa shape index (κ2) is 20.6. The normalized spacial score (nSPS) is 11.7. The zero-order valence-electron chi connectivity index (χ0n) is 47.1. The van der Waals surface area contributed by atoms with Gasteiger partial charge in [0, 0.05) is 79.0 Å². The molecule has 6 heterocycles. The minimum absolute atomic E-state index is 0.827. The highest BCUT2D eigenvalue weighted by Crippen LogP contribution is 2.45. The van der Waals surface area contributed by atoms with Gasteiger partial charge in [-0.15, -0.1) is 0 Å². The van der Waals surface area contributed by atoms with Crippen LogP contribution in [0.25, 0.3) is 166 Å². The minimum atomic E-state index is 0.827. The van der Waals surface area contributed by atoms with Crippen LogP contribution in [-0.4, -0.2) is 24.1 Å². The minimum Gasteiger partial charge on any atom is -0.456 e. The van der Waals surface area contributed by atoms with Crippen LogP contribution in [-0.2, 0) is 0 Å². The Bertz CT molecular complexity index is 4890. The number of pyridine rings is 3. The molecule has 17 aromatic rings. The standard InChI is InChI=1S/C81H51N5O/c1-2-18-52(19-3-1)59-20-4-5-21-60(59)53-31-37-76-67(46-53)68-47-54(61-22-6-9-25-64(61)73-28-12-15-43-82-73)32-38-77(68)85(76)57-35-41-80-71(50-57)72-51-58(36-42-81(72)87-80)86-78-39-33-55(62-23-7-10-26-65(62)74-29-13-16-44-83-74)48-69(78)70-49-56(34-40-79(70)86)63-24-8-11-27-66(63)75-30-14-17-45-84-75/h1-51H. The Hall–Kier alpha value is -11.7. The monoisotopic (exact) mass is 1110 g/mol. The van der Waals surface area contributed by atoms with Crippen molar-refractivity contribution >= 4 is 65.6 Å². The molecule has 0 saturated heterocycles. The lowest BCUT2D eigenvalue weighted by Crippen LogP contribution is -1.95. The van der Waals surface area contributed by atoms with Gasteiger partial charge < -0.3 is 13.6 Å². The summed E-state index contributed by atoms with van der Waals surface area (Å²) in [6.07, 6.45) is 5.59. The number of hydrogen-bond donors (Lipinski definition) is 0. The Morgan fingerprint density at radius 3 is 0.851 bits per heavy atom. The van der Waals surface area contributed by atoms with Crippen LogP contribution in [0.3, 0.4) is 0 Å². The first kappa shape index (κ1) is 49.8. The highest BCUT2D eigenvalue weighted by Gasteiger charge is 2.22. The number of nitrogens with zero attached hydrogens (tertiary/aromatic N) is 5. The van der Waals surface area contributed by atoms with E-state index in [1.165, 1.54) is 22.1 Å². The van der Waals surface area contributed by atoms with Gasteiger partial charge in [0.2, 0.25) is 0 Å². The quantitative estimate of drug-likeness (QED) is 0.137. The predicted octanol–water partition coefficient (Wildman–Crippen LogP) is 21.3. The number of aromatic nitrogens is 5. The molecule has 6 heteroatoms. The summed E-state index contributed by atoms with van der Waals surface area (Å²) in [6.45, 7) is 0. The van der Waals surface area contributed by atoms with Crippen LogP contribution >= 0.6 is 0 Å². The first-order chi connectivity index (χ1) is 43.1. The van der Waals surface area contributed by atoms with Crippen molar-refractivity contribution in [3.8, 4) is 101 Å². The summed E-state index contributed by atoms with van der Waals surface area (Å²) >= 11 is 0. The molecule has 6 aromatic heterocycles. The van der Waals surface area contributed by atoms with Gasteiger partial charge in [-0.05, 0) is 177 Å². The smallest absolute Gasteiger partial charge is 0.135 e. The van der Waals surface area contributed by atoms with E-state index in [-0.39, 0.29) is 0 Å². The first-order valence-electron chi connectivity index (χ1n) is 29.5. The van der Waals surface area contributed by atoms with Crippen molar-refractivity contribution in [3.63, 3.8) is 0 Å². The summed E-state index contributed by atoms with van der Waals surface area (Å²) < 4.78 is 11.6. The van der Waals surface area contributed by atoms with E-state index >= 15 is 0 Å². The summed E-state index contributed by atoms with van der Waals surface area (Å²) in [6, 6.07) is 104. The average Bonchev–Trinajstić information content (AvgIpc) is 1.72. The third kappa shape index (κ3) is 8.45. The summed E-state index contributed by atoms with van der Waals surface area (Å²) in [5, 5.41) is 6.70. The molecule has 17 rings (SSSR count). The van der Waals surface area contributed by atoms with Crippen LogP contribution in [0.15, 0.2) is 314 Å². The van der Waals surface area contributed by atoms with Gasteiger partial charge in [0.15, 0.2) is 0 Å². The largest absolute Gasteiger partial charge is 0.456 e. The van der Waals surface area contributed by atoms with Crippen molar-refractivity contribution in [1.29, 1.82) is 0 Å². The maximum absolute atomic E-state index is 6.76. The molecule has 0 unspecified atom stereocenters. The molecule has 0 amide bonds. The van der Waals surface area contributed by atoms with Gasteiger partial charge in [0.1, 0.15) is 11.2 Å². The van der Waals surface area contributed by atoms with Crippen LogP contribution in [0.5, 0.6) is 0 Å². The van der Waals surface area contributed by atoms with Crippen LogP contribution in [0.2, 0.25) is 0 Å². The van der Waals surface area contributed by atoms with Gasteiger partial charge in [-0.3, -0.25) is 15.0 Å². The maximum Gasteiger partial charge on any atom is 0.135 e. The molecular weight excluding hydrogens is 1060 g/mol. The van der Waals surface area contributed by atoms with Crippen molar-refractivity contribution in [3.05, 3.63) is 310 Å². The van der Waals surface area contributed by atoms with E-state index in [1.807, 2.05) is 36.8 Å². The molecule has 0 aliphatic rings. The lowest BCUT2D eigenvalue weighted by molar-refractivity contribution is 0.669. The molecule has 0 saturated carbocycles. The van der Waals surface area contributed by atoms with Crippen molar-refractivity contribution in [2.75, 3.05) is 0 Å². The molecule has 0 fully saturated rings. The Kier molecular flexibility index (Phi) is 11.8. The maximum atomic E-state index is 6.76. The molecule has 0 N–H and O–H groups in total. The van der Waals surface area contributed by atoms with Gasteiger partial charge in [-0.25, -0.2) is 0 Å². The molecule has 11 aromatic carbocycles. The van der Waals surface area contributed by atoms with Crippen LogP contribution in [0.4, 0.5) is 0 Å². The molecule has 87 heavy (non-hydrogen) atoms. The van der Waals surface area contributed by atoms with Crippen LogP contribution < -0.4 is 0 Å². The van der Waals surface area contributed by atoms with Gasteiger partial charge in [-0.2, -0.15) is 0 Å². The fraction of sp³-hybridized carbons (Fsp3) is 0. The number of fused-ring (bicyclic) bond motifs is 9. The lowest BCUT2D eigenvalue weighted by atomic mass is 9.93. The summed E-state index contributed by atoms with van der Waals surface area (Å²) in [4.78, 5) is 14.4. The molecule has 0 radical (unpaired) electrons. The fourth-order valence-electron chi connectivity index (χ4n) is 13.3. The van der Waals surface area contributed by atoms with Crippen molar-refractivity contribution in [2.45, 2.75) is 0 Å². The number of furan rings is 1. The Morgan fingerprint density at radius 2 is 0.517 bits per heavy atom. The second-order valence-electron chi connectivity index (χ2n) is 22.3. The Labute approximate surface area is 501 Å². The van der Waals surface area contributed by atoms with E-state index in [9.17, 15) is 0 Å². The van der Waals surface area contributed by atoms with E-state index < -0.39 is 0 Å². The van der Waals surface area contributed by atoms with Crippen molar-refractivity contribution in [2.24, 2.45) is 0 Å². The van der Waals surface area contributed by atoms with Crippen molar-refractivity contribution < 1.29 is 4.42 Å². The van der Waals surface area contributed by atoms with E-state index in [4.69, 9.17) is 19.4 Å². The highest BCUT2D eigenvalue weighted by atomic mass is 16.3. The molecule has 6 nitrogen and oxygen atoms in total. The first-order valence-corrected chi connectivity index (χ1v) is 29.5. The summed E-state index contributed by atoms with van der Waals surface area (Å²) in [5.74, 6) is 0. The van der Waals surface area contributed by atoms with E-state index in [1.54, 1.807) is 0 Å². The Morgan fingerprint density at radius 1 is 0.218 bits per heavy atom. The summed E-state index contributed by atoms with van der Waals surface area (Å²) in [5.41, 5.74) is 25.7. The van der Waals surface area contributed by atoms with Gasteiger partial charge in [0.25, 0.3) is 0 Å². The highest BCUT2D eigenvalue weighted by molar-refractivity contribution is 6.15. The van der Waals surface area contributed by atoms with Gasteiger partial charge >= 0.3 is 0 Å². The SMILES string of the molecule is c1ccc(-c2ccccc2-c2ccc3c(c2)c2cc(-c4ccccc4-c4ccccn4)ccc2n3-c2ccc3oc4ccc(-n5c6ccc(-c7ccccc7-c7ccccn7)cc6c6cc(-c7ccccc7-c7ccccn7)ccc65)cc4c3c2)cc1. The average molecular weight is 1110 g/mol. The van der Waals surface area contributed by atoms with Crippen LogP contribution in [0, 0.1) is 0 Å². The molecular formula is C81H51N5O. The second-order valence-corrected chi connectivity index (χ2v) is 22.3. The molecule has 0 aliphatic carbocycles. The number of benzene rings is 11. The third-order valence-corrected chi connectivity index (χ3v) is 17.3. The zero-order chi connectivity index (χ0) is 57.4. The number of hydrogen-bond acceptors (Lipinski definition) is 4. The predicted molar refractivity (Wildman–Crippen MR) is 359 cm³/mol. The van der Waals surface area contributed by atoms with Gasteiger partial charge in [-0.1, -0.05) is 170 Å². The molecule has 406 valence electrons. The third-order valence-electron chi connectivity index (χ3n) is 17.3. The fourth-order valence-corrected chi connectivity index (χ4v) is 13.3. The topological polar surface area (TPSA) is 61.7 Å². The van der Waals surface area contributed by atoms with Gasteiger partial charge in [0.05, 0.1) is 39.1 Å². The number of rotatable bonds is 10. The zero-order valence-corrected chi connectivity index (χ0v) is 47.1. The molecule has 0 bridgehead atoms. The molecule has 0 spiro atoms. The van der Waals surface area contributed by atoms with E-state index in [0.717, 1.165) is 144 Å². The van der Waals surface area contributed by atoms with E-state index in [0.29, 0.717) is 0 Å². The summed E-state index contributed by atoms with van der Waals surface area (Å²) in [7, 11) is 0.